The molecule has 0 aliphatic rings. The zero-order valence-corrected chi connectivity index (χ0v) is 26.6. The van der Waals surface area contributed by atoms with Gasteiger partial charge in [-0.3, -0.25) is 9.78 Å². The standard InChI is InChI=1S/C32H31ClFN5O5S/c1-20-6-8-23(9-7-20)45(42,43)39-18-26(21-14-25-27(33)10-12-35-29(25)28(34)15-21)24-16-22(17-37-30(24)39)38(19-40)13-5-11-36-31(41)44-32(2,3)4/h6-10,12,14-19H,5,11,13H2,1-4H3,(H,36,41). The van der Waals surface area contributed by atoms with E-state index in [0.29, 0.717) is 40.4 Å². The number of anilines is 1. The quantitative estimate of drug-likeness (QED) is 0.143. The third-order valence-electron chi connectivity index (χ3n) is 6.93. The number of rotatable bonds is 9. The number of pyridine rings is 2. The van der Waals surface area contributed by atoms with E-state index in [4.69, 9.17) is 16.3 Å². The van der Waals surface area contributed by atoms with Gasteiger partial charge in [-0.05, 0) is 76.1 Å². The van der Waals surface area contributed by atoms with Crippen molar-refractivity contribution in [3.63, 3.8) is 0 Å². The second kappa shape index (κ2) is 12.4. The minimum Gasteiger partial charge on any atom is -0.444 e. The van der Waals surface area contributed by atoms with Crippen LogP contribution in [0.2, 0.25) is 5.02 Å². The average molecular weight is 652 g/mol. The Balaban J connectivity index is 1.57. The number of alkyl carbamates (subject to hydrolysis) is 1. The molecule has 10 nitrogen and oxygen atoms in total. The van der Waals surface area contributed by atoms with E-state index in [0.717, 1.165) is 9.54 Å². The number of nitrogens with zero attached hydrogens (tertiary/aromatic N) is 4. The van der Waals surface area contributed by atoms with Crippen LogP contribution >= 0.6 is 11.6 Å². The van der Waals surface area contributed by atoms with Gasteiger partial charge in [-0.15, -0.1) is 0 Å². The van der Waals surface area contributed by atoms with Gasteiger partial charge in [0.1, 0.15) is 16.9 Å². The maximum absolute atomic E-state index is 15.3. The molecule has 0 saturated heterocycles. The van der Waals surface area contributed by atoms with Crippen LogP contribution in [0, 0.1) is 12.7 Å². The molecule has 0 aliphatic heterocycles. The first kappa shape index (κ1) is 31.9. The van der Waals surface area contributed by atoms with Crippen molar-refractivity contribution in [2.75, 3.05) is 18.0 Å². The van der Waals surface area contributed by atoms with Gasteiger partial charge in [0.25, 0.3) is 10.0 Å². The lowest BCUT2D eigenvalue weighted by Gasteiger charge is -2.20. The van der Waals surface area contributed by atoms with Crippen molar-refractivity contribution in [2.45, 2.75) is 44.6 Å². The molecule has 0 spiro atoms. The summed E-state index contributed by atoms with van der Waals surface area (Å²) in [6.07, 6.45) is 4.63. The third kappa shape index (κ3) is 6.76. The normalized spacial score (nSPS) is 12.0. The highest BCUT2D eigenvalue weighted by molar-refractivity contribution is 7.90. The lowest BCUT2D eigenvalue weighted by atomic mass is 10.0. The van der Waals surface area contributed by atoms with E-state index in [1.807, 2.05) is 6.92 Å². The maximum atomic E-state index is 15.3. The van der Waals surface area contributed by atoms with Gasteiger partial charge in [0, 0.05) is 41.8 Å². The molecule has 0 radical (unpaired) electrons. The van der Waals surface area contributed by atoms with Crippen molar-refractivity contribution < 1.29 is 27.1 Å². The zero-order chi connectivity index (χ0) is 32.5. The van der Waals surface area contributed by atoms with Crippen LogP contribution in [0.3, 0.4) is 0 Å². The Kier molecular flexibility index (Phi) is 8.81. The van der Waals surface area contributed by atoms with Crippen molar-refractivity contribution >= 4 is 61.8 Å². The summed E-state index contributed by atoms with van der Waals surface area (Å²) >= 11 is 6.37. The SMILES string of the molecule is Cc1ccc(S(=O)(=O)n2cc(-c3cc(F)c4nccc(Cl)c4c3)c3cc(N(C=O)CCCNC(=O)OC(C)(C)C)cnc32)cc1. The Morgan fingerprint density at radius 2 is 1.84 bits per heavy atom. The molecule has 2 amide bonds. The number of hydrogen-bond acceptors (Lipinski definition) is 7. The van der Waals surface area contributed by atoms with Gasteiger partial charge in [0.2, 0.25) is 6.41 Å². The highest BCUT2D eigenvalue weighted by Crippen LogP contribution is 2.37. The smallest absolute Gasteiger partial charge is 0.407 e. The topological polar surface area (TPSA) is 123 Å². The molecule has 5 aromatic rings. The molecule has 234 valence electrons. The van der Waals surface area contributed by atoms with E-state index in [1.54, 1.807) is 45.0 Å². The number of nitrogens with one attached hydrogen (secondary N) is 1. The monoisotopic (exact) mass is 651 g/mol. The second-order valence-electron chi connectivity index (χ2n) is 11.4. The molecule has 1 N–H and O–H groups in total. The molecule has 3 heterocycles. The Hall–Kier alpha value is -4.55. The van der Waals surface area contributed by atoms with Crippen molar-refractivity contribution in [1.29, 1.82) is 0 Å². The van der Waals surface area contributed by atoms with Crippen LogP contribution < -0.4 is 10.2 Å². The molecule has 2 aromatic carbocycles. The number of hydrogen-bond donors (Lipinski definition) is 1. The largest absolute Gasteiger partial charge is 0.444 e. The Labute approximate surface area is 264 Å². The summed E-state index contributed by atoms with van der Waals surface area (Å²) in [4.78, 5) is 34.1. The highest BCUT2D eigenvalue weighted by atomic mass is 35.5. The van der Waals surface area contributed by atoms with Gasteiger partial charge in [0.15, 0.2) is 5.65 Å². The molecule has 0 unspecified atom stereocenters. The predicted molar refractivity (Wildman–Crippen MR) is 171 cm³/mol. The maximum Gasteiger partial charge on any atom is 0.407 e. The van der Waals surface area contributed by atoms with Crippen molar-refractivity contribution in [2.24, 2.45) is 0 Å². The Morgan fingerprint density at radius 3 is 2.53 bits per heavy atom. The molecule has 45 heavy (non-hydrogen) atoms. The summed E-state index contributed by atoms with van der Waals surface area (Å²) in [6, 6.07) is 12.5. The Morgan fingerprint density at radius 1 is 1.11 bits per heavy atom. The summed E-state index contributed by atoms with van der Waals surface area (Å²) in [5.41, 5.74) is 1.49. The number of aromatic nitrogens is 3. The minimum atomic E-state index is -4.12. The predicted octanol–water partition coefficient (Wildman–Crippen LogP) is 6.47. The van der Waals surface area contributed by atoms with Crippen LogP contribution in [-0.2, 0) is 19.6 Å². The molecule has 0 saturated carbocycles. The number of halogens is 2. The summed E-state index contributed by atoms with van der Waals surface area (Å²) < 4.78 is 49.2. The fourth-order valence-electron chi connectivity index (χ4n) is 4.79. The number of ether oxygens (including phenoxy) is 1. The summed E-state index contributed by atoms with van der Waals surface area (Å²) in [6.45, 7) is 7.59. The van der Waals surface area contributed by atoms with E-state index in [9.17, 15) is 18.0 Å². The summed E-state index contributed by atoms with van der Waals surface area (Å²) in [5.74, 6) is -0.636. The van der Waals surface area contributed by atoms with Crippen LogP contribution in [0.25, 0.3) is 33.1 Å². The fourth-order valence-corrected chi connectivity index (χ4v) is 6.32. The average Bonchev–Trinajstić information content (AvgIpc) is 3.37. The number of aryl methyl sites for hydroxylation is 1. The van der Waals surface area contributed by atoms with Crippen LogP contribution in [0.1, 0.15) is 32.8 Å². The van der Waals surface area contributed by atoms with Gasteiger partial charge < -0.3 is 15.0 Å². The van der Waals surface area contributed by atoms with Gasteiger partial charge in [-0.2, -0.15) is 0 Å². The van der Waals surface area contributed by atoms with E-state index < -0.39 is 27.5 Å². The van der Waals surface area contributed by atoms with Crippen molar-refractivity contribution in [3.05, 3.63) is 83.5 Å². The van der Waals surface area contributed by atoms with Gasteiger partial charge >= 0.3 is 6.09 Å². The van der Waals surface area contributed by atoms with Crippen molar-refractivity contribution in [1.82, 2.24) is 19.3 Å². The third-order valence-corrected chi connectivity index (χ3v) is 8.93. The van der Waals surface area contributed by atoms with Crippen molar-refractivity contribution in [3.8, 4) is 11.1 Å². The van der Waals surface area contributed by atoms with E-state index in [1.165, 1.54) is 47.8 Å². The number of carbonyl (C=O) groups is 2. The first-order chi connectivity index (χ1) is 21.3. The summed E-state index contributed by atoms with van der Waals surface area (Å²) in [7, 11) is -4.12. The van der Waals surface area contributed by atoms with Crippen LogP contribution in [-0.4, -0.2) is 53.6 Å². The fraction of sp³-hybridized carbons (Fsp3) is 0.250. The van der Waals surface area contributed by atoms with Crippen LogP contribution in [0.5, 0.6) is 0 Å². The van der Waals surface area contributed by atoms with Gasteiger partial charge in [-0.1, -0.05) is 29.3 Å². The van der Waals surface area contributed by atoms with Gasteiger partial charge in [0.05, 0.1) is 21.8 Å². The minimum absolute atomic E-state index is 0.0476. The number of carbonyl (C=O) groups excluding carboxylic acids is 2. The van der Waals surface area contributed by atoms with Crippen LogP contribution in [0.15, 0.2) is 72.0 Å². The van der Waals surface area contributed by atoms with Gasteiger partial charge in [-0.25, -0.2) is 26.6 Å². The Bertz CT molecular complexity index is 2020. The first-order valence-corrected chi connectivity index (χ1v) is 15.9. The molecule has 3 aromatic heterocycles. The number of fused-ring (bicyclic) bond motifs is 2. The molecule has 0 atom stereocenters. The zero-order valence-electron chi connectivity index (χ0n) is 25.0. The number of benzene rings is 2. The highest BCUT2D eigenvalue weighted by Gasteiger charge is 2.25. The molecular weight excluding hydrogens is 621 g/mol. The molecule has 0 bridgehead atoms. The molecule has 5 rings (SSSR count). The van der Waals surface area contributed by atoms with Crippen LogP contribution in [0.4, 0.5) is 14.9 Å². The van der Waals surface area contributed by atoms with E-state index in [-0.39, 0.29) is 34.2 Å². The number of amides is 2. The second-order valence-corrected chi connectivity index (χ2v) is 13.7. The molecule has 0 aliphatic carbocycles. The molecular formula is C32H31ClFN5O5S. The summed E-state index contributed by atoms with van der Waals surface area (Å²) in [5, 5.41) is 3.65. The molecule has 13 heteroatoms. The molecule has 0 fully saturated rings. The van der Waals surface area contributed by atoms with E-state index in [2.05, 4.69) is 15.3 Å². The lowest BCUT2D eigenvalue weighted by molar-refractivity contribution is -0.107. The van der Waals surface area contributed by atoms with E-state index >= 15 is 4.39 Å². The first-order valence-electron chi connectivity index (χ1n) is 14.0. The lowest BCUT2D eigenvalue weighted by Crippen LogP contribution is -2.34.